The van der Waals surface area contributed by atoms with Crippen LogP contribution in [0.1, 0.15) is 38.7 Å². The van der Waals surface area contributed by atoms with Gasteiger partial charge in [-0.25, -0.2) is 0 Å². The van der Waals surface area contributed by atoms with Crippen LogP contribution < -0.4 is 10.1 Å². The zero-order valence-corrected chi connectivity index (χ0v) is 14.6. The number of likely N-dealkylation sites (N-methyl/N-ethyl adjacent to an activating group) is 1. The molecule has 0 aromatic heterocycles. The maximum Gasteiger partial charge on any atom is 0.133 e. The van der Waals surface area contributed by atoms with Crippen LogP contribution >= 0.6 is 15.9 Å². The van der Waals surface area contributed by atoms with Crippen molar-refractivity contribution in [1.82, 2.24) is 5.32 Å². The van der Waals surface area contributed by atoms with Crippen LogP contribution in [-0.4, -0.2) is 20.2 Å². The summed E-state index contributed by atoms with van der Waals surface area (Å²) >= 11 is 3.58. The molecule has 1 aliphatic rings. The molecule has 0 heterocycles. The highest BCUT2D eigenvalue weighted by atomic mass is 79.9. The largest absolute Gasteiger partial charge is 0.496 e. The first kappa shape index (κ1) is 15.8. The molecule has 0 bridgehead atoms. The van der Waals surface area contributed by atoms with Gasteiger partial charge in [0.1, 0.15) is 5.75 Å². The number of methoxy groups -OCH3 is 1. The molecule has 1 aliphatic carbocycles. The fraction of sp³-hybridized carbons (Fsp3) is 0.647. The van der Waals surface area contributed by atoms with Crippen LogP contribution in [0.3, 0.4) is 0 Å². The molecular formula is C17H26BrNO. The Bertz CT molecular complexity index is 458. The normalized spacial score (nSPS) is 22.8. The maximum absolute atomic E-state index is 5.30. The number of nitrogens with one attached hydrogen (secondary N) is 1. The molecule has 0 spiro atoms. The standard InChI is InChI=1S/C17H26BrNO/c1-17(2)9-5-6-13(17)15(19-3)11-12-7-8-16(20-4)14(18)10-12/h7-8,10,13,15,19H,5-6,9,11H2,1-4H3. The second-order valence-electron chi connectivity index (χ2n) is 6.56. The second kappa shape index (κ2) is 6.48. The first-order chi connectivity index (χ1) is 9.47. The Morgan fingerprint density at radius 2 is 2.20 bits per heavy atom. The van der Waals surface area contributed by atoms with Gasteiger partial charge >= 0.3 is 0 Å². The van der Waals surface area contributed by atoms with E-state index < -0.39 is 0 Å². The summed E-state index contributed by atoms with van der Waals surface area (Å²) in [5.41, 5.74) is 1.82. The highest BCUT2D eigenvalue weighted by Crippen LogP contribution is 2.45. The Labute approximate surface area is 131 Å². The Kier molecular flexibility index (Phi) is 5.14. The van der Waals surface area contributed by atoms with E-state index >= 15 is 0 Å². The van der Waals surface area contributed by atoms with Crippen LogP contribution in [0.15, 0.2) is 22.7 Å². The fourth-order valence-corrected chi connectivity index (χ4v) is 4.22. The number of rotatable bonds is 5. The van der Waals surface area contributed by atoms with Crippen molar-refractivity contribution < 1.29 is 4.74 Å². The summed E-state index contributed by atoms with van der Waals surface area (Å²) in [5, 5.41) is 3.55. The summed E-state index contributed by atoms with van der Waals surface area (Å²) in [4.78, 5) is 0. The van der Waals surface area contributed by atoms with Gasteiger partial charge in [0.25, 0.3) is 0 Å². The van der Waals surface area contributed by atoms with Gasteiger partial charge in [-0.15, -0.1) is 0 Å². The number of benzene rings is 1. The molecule has 0 amide bonds. The lowest BCUT2D eigenvalue weighted by atomic mass is 9.76. The minimum atomic E-state index is 0.456. The van der Waals surface area contributed by atoms with Crippen molar-refractivity contribution in [2.24, 2.45) is 11.3 Å². The third kappa shape index (κ3) is 3.37. The molecule has 20 heavy (non-hydrogen) atoms. The van der Waals surface area contributed by atoms with Gasteiger partial charge < -0.3 is 10.1 Å². The van der Waals surface area contributed by atoms with Crippen molar-refractivity contribution in [1.29, 1.82) is 0 Å². The third-order valence-corrected chi connectivity index (χ3v) is 5.49. The number of hydrogen-bond acceptors (Lipinski definition) is 2. The van der Waals surface area contributed by atoms with E-state index in [0.717, 1.165) is 22.6 Å². The van der Waals surface area contributed by atoms with Gasteiger partial charge in [-0.3, -0.25) is 0 Å². The average molecular weight is 340 g/mol. The van der Waals surface area contributed by atoms with E-state index in [9.17, 15) is 0 Å². The minimum Gasteiger partial charge on any atom is -0.496 e. The van der Waals surface area contributed by atoms with E-state index in [-0.39, 0.29) is 0 Å². The van der Waals surface area contributed by atoms with E-state index in [1.54, 1.807) is 7.11 Å². The van der Waals surface area contributed by atoms with Gasteiger partial charge in [0.15, 0.2) is 0 Å². The monoisotopic (exact) mass is 339 g/mol. The van der Waals surface area contributed by atoms with Gasteiger partial charge in [-0.05, 0) is 71.3 Å². The molecule has 0 radical (unpaired) electrons. The minimum absolute atomic E-state index is 0.456. The lowest BCUT2D eigenvalue weighted by molar-refractivity contribution is 0.201. The highest BCUT2D eigenvalue weighted by molar-refractivity contribution is 9.10. The second-order valence-corrected chi connectivity index (χ2v) is 7.41. The van der Waals surface area contributed by atoms with Crippen LogP contribution in [0.2, 0.25) is 0 Å². The summed E-state index contributed by atoms with van der Waals surface area (Å²) in [6.07, 6.45) is 5.13. The van der Waals surface area contributed by atoms with E-state index in [2.05, 4.69) is 54.3 Å². The van der Waals surface area contributed by atoms with Gasteiger partial charge in [-0.2, -0.15) is 0 Å². The van der Waals surface area contributed by atoms with Crippen molar-refractivity contribution in [2.45, 2.75) is 45.6 Å². The Balaban J connectivity index is 2.12. The summed E-state index contributed by atoms with van der Waals surface area (Å²) in [6.45, 7) is 4.83. The fourth-order valence-electron chi connectivity index (χ4n) is 3.64. The van der Waals surface area contributed by atoms with Crippen LogP contribution in [0.4, 0.5) is 0 Å². The lowest BCUT2D eigenvalue weighted by Crippen LogP contribution is -2.40. The van der Waals surface area contributed by atoms with Gasteiger partial charge in [0, 0.05) is 6.04 Å². The van der Waals surface area contributed by atoms with Crippen LogP contribution in [0.25, 0.3) is 0 Å². The van der Waals surface area contributed by atoms with E-state index in [1.165, 1.54) is 24.8 Å². The zero-order chi connectivity index (χ0) is 14.8. The van der Waals surface area contributed by atoms with Crippen LogP contribution in [0.5, 0.6) is 5.75 Å². The summed E-state index contributed by atoms with van der Waals surface area (Å²) < 4.78 is 6.34. The molecule has 3 heteroatoms. The first-order valence-corrected chi connectivity index (χ1v) is 8.27. The predicted octanol–water partition coefficient (Wildman–Crippen LogP) is 4.41. The molecule has 2 nitrogen and oxygen atoms in total. The molecule has 1 N–H and O–H groups in total. The summed E-state index contributed by atoms with van der Waals surface area (Å²) in [7, 11) is 3.80. The van der Waals surface area contributed by atoms with Gasteiger partial charge in [0.2, 0.25) is 0 Å². The highest BCUT2D eigenvalue weighted by Gasteiger charge is 2.38. The summed E-state index contributed by atoms with van der Waals surface area (Å²) in [5.74, 6) is 1.66. The molecule has 1 aromatic rings. The molecule has 2 atom stereocenters. The Morgan fingerprint density at radius 1 is 1.45 bits per heavy atom. The third-order valence-electron chi connectivity index (χ3n) is 4.87. The van der Waals surface area contributed by atoms with Crippen molar-refractivity contribution >= 4 is 15.9 Å². The zero-order valence-electron chi connectivity index (χ0n) is 13.0. The molecule has 2 unspecified atom stereocenters. The summed E-state index contributed by atoms with van der Waals surface area (Å²) in [6, 6.07) is 6.96. The molecule has 0 saturated heterocycles. The first-order valence-electron chi connectivity index (χ1n) is 7.47. The lowest BCUT2D eigenvalue weighted by Gasteiger charge is -2.34. The van der Waals surface area contributed by atoms with Crippen molar-refractivity contribution in [3.63, 3.8) is 0 Å². The Hall–Kier alpha value is -0.540. The molecule has 1 saturated carbocycles. The number of hydrogen-bond donors (Lipinski definition) is 1. The average Bonchev–Trinajstić information content (AvgIpc) is 2.76. The molecular weight excluding hydrogens is 314 g/mol. The molecule has 1 aromatic carbocycles. The molecule has 2 rings (SSSR count). The topological polar surface area (TPSA) is 21.3 Å². The number of ether oxygens (including phenoxy) is 1. The van der Waals surface area contributed by atoms with E-state index in [0.29, 0.717) is 11.5 Å². The van der Waals surface area contributed by atoms with Crippen LogP contribution in [0, 0.1) is 11.3 Å². The maximum atomic E-state index is 5.30. The van der Waals surface area contributed by atoms with Crippen molar-refractivity contribution in [3.8, 4) is 5.75 Å². The van der Waals surface area contributed by atoms with E-state index in [1.807, 2.05) is 6.07 Å². The van der Waals surface area contributed by atoms with Gasteiger partial charge in [-0.1, -0.05) is 26.3 Å². The molecule has 0 aliphatic heterocycles. The molecule has 112 valence electrons. The predicted molar refractivity (Wildman–Crippen MR) is 88.4 cm³/mol. The molecule has 1 fully saturated rings. The van der Waals surface area contributed by atoms with Crippen molar-refractivity contribution in [3.05, 3.63) is 28.2 Å². The van der Waals surface area contributed by atoms with E-state index in [4.69, 9.17) is 4.74 Å². The smallest absolute Gasteiger partial charge is 0.133 e. The van der Waals surface area contributed by atoms with Gasteiger partial charge in [0.05, 0.1) is 11.6 Å². The SMILES string of the molecule is CNC(Cc1ccc(OC)c(Br)c1)C1CCCC1(C)C. The van der Waals surface area contributed by atoms with Crippen LogP contribution in [-0.2, 0) is 6.42 Å². The Morgan fingerprint density at radius 3 is 2.70 bits per heavy atom. The quantitative estimate of drug-likeness (QED) is 0.857. The van der Waals surface area contributed by atoms with Crippen molar-refractivity contribution in [2.75, 3.05) is 14.2 Å². The number of halogens is 1.